The lowest BCUT2D eigenvalue weighted by Gasteiger charge is -2.13. The molecule has 4 aromatic rings. The Hall–Kier alpha value is -3.49. The predicted molar refractivity (Wildman–Crippen MR) is 106 cm³/mol. The maximum atomic E-state index is 13.4. The van der Waals surface area contributed by atoms with E-state index in [4.69, 9.17) is 0 Å². The zero-order valence-electron chi connectivity index (χ0n) is 15.8. The average molecular weight is 410 g/mol. The van der Waals surface area contributed by atoms with Crippen LogP contribution in [-0.2, 0) is 12.7 Å². The first-order valence-electron chi connectivity index (χ1n) is 9.55. The van der Waals surface area contributed by atoms with Crippen molar-refractivity contribution >= 4 is 16.9 Å². The molecular formula is C21H17F3N6. The van der Waals surface area contributed by atoms with Crippen LogP contribution in [0.15, 0.2) is 54.9 Å². The van der Waals surface area contributed by atoms with E-state index in [0.29, 0.717) is 11.6 Å². The summed E-state index contributed by atoms with van der Waals surface area (Å²) in [7, 11) is 0. The number of nitrogens with one attached hydrogen (secondary N) is 1. The molecule has 6 nitrogen and oxygen atoms in total. The van der Waals surface area contributed by atoms with Crippen molar-refractivity contribution in [1.29, 1.82) is 0 Å². The van der Waals surface area contributed by atoms with Crippen molar-refractivity contribution in [2.75, 3.05) is 5.32 Å². The van der Waals surface area contributed by atoms with Crippen LogP contribution < -0.4 is 5.32 Å². The van der Waals surface area contributed by atoms with Gasteiger partial charge in [-0.1, -0.05) is 12.1 Å². The highest BCUT2D eigenvalue weighted by Crippen LogP contribution is 2.39. The van der Waals surface area contributed by atoms with E-state index < -0.39 is 11.9 Å². The second-order valence-corrected chi connectivity index (χ2v) is 7.17. The molecule has 0 spiro atoms. The maximum absolute atomic E-state index is 13.4. The first-order valence-corrected chi connectivity index (χ1v) is 9.55. The number of benzene rings is 1. The van der Waals surface area contributed by atoms with Crippen LogP contribution >= 0.6 is 0 Å². The monoisotopic (exact) mass is 410 g/mol. The van der Waals surface area contributed by atoms with Gasteiger partial charge in [-0.2, -0.15) is 13.2 Å². The van der Waals surface area contributed by atoms with Crippen molar-refractivity contribution in [3.8, 4) is 11.4 Å². The van der Waals surface area contributed by atoms with Crippen LogP contribution in [-0.4, -0.2) is 24.5 Å². The Bertz CT molecular complexity index is 1200. The number of halogens is 3. The molecule has 9 heteroatoms. The van der Waals surface area contributed by atoms with Gasteiger partial charge in [0.2, 0.25) is 0 Å². The van der Waals surface area contributed by atoms with Gasteiger partial charge in [-0.3, -0.25) is 4.98 Å². The van der Waals surface area contributed by atoms with Crippen LogP contribution in [0.2, 0.25) is 0 Å². The van der Waals surface area contributed by atoms with E-state index in [1.54, 1.807) is 12.1 Å². The molecule has 3 aromatic heterocycles. The van der Waals surface area contributed by atoms with Gasteiger partial charge in [-0.15, -0.1) is 0 Å². The van der Waals surface area contributed by atoms with Crippen LogP contribution in [0.1, 0.15) is 30.4 Å². The molecule has 0 unspecified atom stereocenters. The highest BCUT2D eigenvalue weighted by Gasteiger charge is 2.34. The zero-order valence-corrected chi connectivity index (χ0v) is 15.8. The van der Waals surface area contributed by atoms with Crippen molar-refractivity contribution in [3.05, 3.63) is 66.4 Å². The zero-order chi connectivity index (χ0) is 20.7. The minimum absolute atomic E-state index is 0.00887. The molecule has 0 amide bonds. The van der Waals surface area contributed by atoms with Gasteiger partial charge in [0.1, 0.15) is 11.6 Å². The minimum atomic E-state index is -4.58. The number of para-hydroxylation sites is 2. The molecule has 152 valence electrons. The molecule has 0 bridgehead atoms. The summed E-state index contributed by atoms with van der Waals surface area (Å²) < 4.78 is 42.4. The number of nitrogens with zero attached hydrogens (tertiary/aromatic N) is 5. The molecule has 1 aliphatic carbocycles. The first kappa shape index (κ1) is 18.5. The summed E-state index contributed by atoms with van der Waals surface area (Å²) in [4.78, 5) is 16.5. The van der Waals surface area contributed by atoms with Crippen LogP contribution in [0.4, 0.5) is 19.0 Å². The van der Waals surface area contributed by atoms with Crippen molar-refractivity contribution < 1.29 is 13.2 Å². The number of hydrogen-bond acceptors (Lipinski definition) is 5. The molecule has 1 aliphatic rings. The fraction of sp³-hybridized carbons (Fsp3) is 0.238. The van der Waals surface area contributed by atoms with Crippen molar-refractivity contribution in [3.63, 3.8) is 0 Å². The van der Waals surface area contributed by atoms with E-state index in [9.17, 15) is 13.2 Å². The minimum Gasteiger partial charge on any atom is -0.363 e. The smallest absolute Gasteiger partial charge is 0.363 e. The molecule has 1 fully saturated rings. The Morgan fingerprint density at radius 3 is 2.50 bits per heavy atom. The number of alkyl halides is 3. The summed E-state index contributed by atoms with van der Waals surface area (Å²) in [6.07, 6.45) is 0.549. The lowest BCUT2D eigenvalue weighted by molar-refractivity contribution is -0.141. The van der Waals surface area contributed by atoms with E-state index in [-0.39, 0.29) is 18.2 Å². The standard InChI is InChI=1S/C21H17F3N6/c22-21(23,24)17-11-18(29-20(28-17)13-7-9-25-10-8-13)26-12-19-27-15-3-1-2-4-16(15)30(19)14-5-6-14/h1-4,7-11,14H,5-6,12H2,(H,26,28,29). The molecule has 1 saturated carbocycles. The number of rotatable bonds is 5. The number of aromatic nitrogens is 5. The fourth-order valence-corrected chi connectivity index (χ4v) is 3.44. The number of imidazole rings is 1. The molecule has 0 aliphatic heterocycles. The molecule has 3 heterocycles. The molecule has 30 heavy (non-hydrogen) atoms. The maximum Gasteiger partial charge on any atom is 0.433 e. The largest absolute Gasteiger partial charge is 0.433 e. The number of hydrogen-bond donors (Lipinski definition) is 1. The topological polar surface area (TPSA) is 68.5 Å². The summed E-state index contributed by atoms with van der Waals surface area (Å²) >= 11 is 0. The van der Waals surface area contributed by atoms with Gasteiger partial charge in [0.05, 0.1) is 17.6 Å². The van der Waals surface area contributed by atoms with Crippen LogP contribution in [0, 0.1) is 0 Å². The van der Waals surface area contributed by atoms with Crippen molar-refractivity contribution in [2.45, 2.75) is 31.6 Å². The van der Waals surface area contributed by atoms with E-state index in [1.807, 2.05) is 24.3 Å². The number of pyridine rings is 1. The van der Waals surface area contributed by atoms with Gasteiger partial charge in [-0.05, 0) is 37.1 Å². The summed E-state index contributed by atoms with van der Waals surface area (Å²) in [6, 6.07) is 12.3. The summed E-state index contributed by atoms with van der Waals surface area (Å²) in [6.45, 7) is 0.259. The molecule has 0 atom stereocenters. The van der Waals surface area contributed by atoms with Crippen molar-refractivity contribution in [2.24, 2.45) is 0 Å². The van der Waals surface area contributed by atoms with E-state index in [2.05, 4.69) is 29.8 Å². The summed E-state index contributed by atoms with van der Waals surface area (Å²) in [5, 5.41) is 3.02. The van der Waals surface area contributed by atoms with E-state index in [0.717, 1.165) is 35.8 Å². The average Bonchev–Trinajstić information content (AvgIpc) is 3.52. The molecule has 0 radical (unpaired) electrons. The van der Waals surface area contributed by atoms with E-state index >= 15 is 0 Å². The fourth-order valence-electron chi connectivity index (χ4n) is 3.44. The Balaban J connectivity index is 1.49. The number of anilines is 1. The Morgan fingerprint density at radius 1 is 1.00 bits per heavy atom. The lowest BCUT2D eigenvalue weighted by atomic mass is 10.2. The third-order valence-corrected chi connectivity index (χ3v) is 4.96. The normalized spacial score (nSPS) is 14.2. The Morgan fingerprint density at radius 2 is 1.77 bits per heavy atom. The first-order chi connectivity index (χ1) is 14.5. The van der Waals surface area contributed by atoms with Gasteiger partial charge < -0.3 is 9.88 Å². The SMILES string of the molecule is FC(F)(F)c1cc(NCc2nc3ccccc3n2C2CC2)nc(-c2ccncc2)n1. The second-order valence-electron chi connectivity index (χ2n) is 7.17. The van der Waals surface area contributed by atoms with Crippen molar-refractivity contribution in [1.82, 2.24) is 24.5 Å². The van der Waals surface area contributed by atoms with E-state index in [1.165, 1.54) is 12.4 Å². The Labute approximate surface area is 169 Å². The third-order valence-electron chi connectivity index (χ3n) is 4.96. The quantitative estimate of drug-likeness (QED) is 0.509. The van der Waals surface area contributed by atoms with Gasteiger partial charge in [-0.25, -0.2) is 15.0 Å². The van der Waals surface area contributed by atoms with Gasteiger partial charge in [0.25, 0.3) is 0 Å². The summed E-state index contributed by atoms with van der Waals surface area (Å²) in [5.74, 6) is 0.861. The predicted octanol–water partition coefficient (Wildman–Crippen LogP) is 4.85. The molecule has 5 rings (SSSR count). The van der Waals surface area contributed by atoms with Gasteiger partial charge in [0.15, 0.2) is 11.5 Å². The third kappa shape index (κ3) is 3.58. The molecule has 0 saturated heterocycles. The summed E-state index contributed by atoms with van der Waals surface area (Å²) in [5.41, 5.74) is 1.37. The van der Waals surface area contributed by atoms with Gasteiger partial charge in [0, 0.05) is 30.1 Å². The van der Waals surface area contributed by atoms with Crippen LogP contribution in [0.5, 0.6) is 0 Å². The highest BCUT2D eigenvalue weighted by atomic mass is 19.4. The molecular weight excluding hydrogens is 393 g/mol. The van der Waals surface area contributed by atoms with Crippen LogP contribution in [0.3, 0.4) is 0 Å². The van der Waals surface area contributed by atoms with Crippen LogP contribution in [0.25, 0.3) is 22.4 Å². The molecule has 1 N–H and O–H groups in total. The lowest BCUT2D eigenvalue weighted by Crippen LogP contribution is -2.13. The van der Waals surface area contributed by atoms with Gasteiger partial charge >= 0.3 is 6.18 Å². The number of fused-ring (bicyclic) bond motifs is 1. The second kappa shape index (κ2) is 7.08. The highest BCUT2D eigenvalue weighted by molar-refractivity contribution is 5.76. The Kier molecular flexibility index (Phi) is 4.38. The molecule has 1 aromatic carbocycles.